The second kappa shape index (κ2) is 14.6. The third-order valence-corrected chi connectivity index (χ3v) is 7.29. The number of alkyl carbamates (subject to hydrolysis) is 1. The molecule has 1 atom stereocenters. The molecule has 0 aliphatic heterocycles. The second-order valence-electron chi connectivity index (χ2n) is 9.18. The Hall–Kier alpha value is -4.77. The maximum Gasteiger partial charge on any atom is 0.407 e. The Labute approximate surface area is 240 Å². The van der Waals surface area contributed by atoms with Gasteiger partial charge in [-0.2, -0.15) is 0 Å². The summed E-state index contributed by atoms with van der Waals surface area (Å²) in [5.74, 6) is -1.76. The van der Waals surface area contributed by atoms with Gasteiger partial charge in [0.2, 0.25) is 5.91 Å². The summed E-state index contributed by atoms with van der Waals surface area (Å²) in [5, 5.41) is 18.3. The molecule has 41 heavy (non-hydrogen) atoms. The number of fused-ring (bicyclic) bond motifs is 1. The van der Waals surface area contributed by atoms with Crippen molar-refractivity contribution in [1.29, 1.82) is 0 Å². The van der Waals surface area contributed by atoms with Gasteiger partial charge in [-0.3, -0.25) is 19.4 Å². The molecule has 0 spiro atoms. The molecule has 0 bridgehead atoms. The predicted molar refractivity (Wildman–Crippen MR) is 156 cm³/mol. The molecule has 0 fully saturated rings. The molecule has 4 aromatic rings. The number of nitrogens with one attached hydrogen (secondary N) is 3. The number of rotatable bonds is 13. The van der Waals surface area contributed by atoms with E-state index >= 15 is 0 Å². The highest BCUT2D eigenvalue weighted by atomic mass is 32.1. The largest absolute Gasteiger partial charge is 0.481 e. The molecule has 0 aliphatic rings. The molecule has 4 rings (SSSR count). The van der Waals surface area contributed by atoms with Gasteiger partial charge < -0.3 is 25.8 Å². The third-order valence-electron chi connectivity index (χ3n) is 6.17. The second-order valence-corrected chi connectivity index (χ2v) is 10.3. The molecular weight excluding hydrogens is 544 g/mol. The normalized spacial score (nSPS) is 11.4. The average Bonchev–Trinajstić information content (AvgIpc) is 3.42. The van der Waals surface area contributed by atoms with Crippen LogP contribution in [0.4, 0.5) is 10.5 Å². The van der Waals surface area contributed by atoms with E-state index in [2.05, 4.69) is 20.9 Å². The van der Waals surface area contributed by atoms with E-state index in [4.69, 9.17) is 9.84 Å². The van der Waals surface area contributed by atoms with Crippen LogP contribution in [0.3, 0.4) is 0 Å². The smallest absolute Gasteiger partial charge is 0.407 e. The van der Waals surface area contributed by atoms with Gasteiger partial charge >= 0.3 is 12.1 Å². The number of amides is 3. The monoisotopic (exact) mass is 574 g/mol. The lowest BCUT2D eigenvalue weighted by Gasteiger charge is -2.19. The molecule has 0 aliphatic carbocycles. The van der Waals surface area contributed by atoms with Crippen LogP contribution >= 0.6 is 11.3 Å². The molecule has 0 unspecified atom stereocenters. The van der Waals surface area contributed by atoms with Crippen molar-refractivity contribution >= 4 is 51.0 Å². The van der Waals surface area contributed by atoms with Crippen molar-refractivity contribution in [2.75, 3.05) is 11.9 Å². The number of pyridine rings is 1. The SMILES string of the molecule is O=C(O)CCc1ccccc1NC(=O)[C@H](CCCNC(=O)OCc1ccccn1)NC(=O)c1cc2ccccc2s1. The molecule has 11 heteroatoms. The van der Waals surface area contributed by atoms with E-state index in [-0.39, 0.29) is 38.3 Å². The minimum atomic E-state index is -0.939. The van der Waals surface area contributed by atoms with E-state index in [0.29, 0.717) is 28.2 Å². The quantitative estimate of drug-likeness (QED) is 0.168. The van der Waals surface area contributed by atoms with Crippen LogP contribution in [0.15, 0.2) is 79.0 Å². The van der Waals surface area contributed by atoms with Gasteiger partial charge in [-0.05, 0) is 60.5 Å². The standard InChI is InChI=1S/C30H30N4O6S/c35-27(36)15-14-20-8-1-3-11-23(20)33-28(37)24(34-29(38)26-18-21-9-2-4-13-25(21)41-26)12-7-17-32-30(39)40-19-22-10-5-6-16-31-22/h1-6,8-11,13,16,18,24H,7,12,14-15,17,19H2,(H,32,39)(H,33,37)(H,34,38)(H,35,36)/t24-/m0/s1. The number of carboxylic acid groups (broad SMARTS) is 1. The minimum Gasteiger partial charge on any atom is -0.481 e. The summed E-state index contributed by atoms with van der Waals surface area (Å²) in [7, 11) is 0. The molecule has 0 saturated carbocycles. The first-order valence-electron chi connectivity index (χ1n) is 13.1. The van der Waals surface area contributed by atoms with Crippen LogP contribution in [0.2, 0.25) is 0 Å². The van der Waals surface area contributed by atoms with E-state index in [0.717, 1.165) is 10.1 Å². The number of hydrogen-bond acceptors (Lipinski definition) is 7. The van der Waals surface area contributed by atoms with E-state index < -0.39 is 24.0 Å². The van der Waals surface area contributed by atoms with Crippen molar-refractivity contribution in [2.45, 2.75) is 38.3 Å². The van der Waals surface area contributed by atoms with Crippen molar-refractivity contribution in [3.63, 3.8) is 0 Å². The summed E-state index contributed by atoms with van der Waals surface area (Å²) >= 11 is 1.33. The number of aryl methyl sites for hydroxylation is 1. The van der Waals surface area contributed by atoms with Crippen LogP contribution in [0, 0.1) is 0 Å². The number of aromatic nitrogens is 1. The van der Waals surface area contributed by atoms with Gasteiger partial charge in [-0.25, -0.2) is 4.79 Å². The molecule has 3 amide bonds. The van der Waals surface area contributed by atoms with Crippen LogP contribution in [0.5, 0.6) is 0 Å². The maximum atomic E-state index is 13.4. The number of aliphatic carboxylic acids is 1. The molecule has 2 aromatic heterocycles. The van der Waals surface area contributed by atoms with Gasteiger partial charge in [0, 0.05) is 29.5 Å². The number of thiophene rings is 1. The first-order chi connectivity index (χ1) is 19.9. The van der Waals surface area contributed by atoms with Gasteiger partial charge in [0.15, 0.2) is 0 Å². The minimum absolute atomic E-state index is 0.0320. The number of hydrogen-bond donors (Lipinski definition) is 4. The van der Waals surface area contributed by atoms with Crippen LogP contribution in [0.25, 0.3) is 10.1 Å². The zero-order valence-corrected chi connectivity index (χ0v) is 23.0. The third kappa shape index (κ3) is 8.87. The number of nitrogens with zero attached hydrogens (tertiary/aromatic N) is 1. The number of carboxylic acids is 1. The number of anilines is 1. The first kappa shape index (κ1) is 29.2. The lowest BCUT2D eigenvalue weighted by atomic mass is 10.1. The molecule has 0 radical (unpaired) electrons. The average molecular weight is 575 g/mol. The summed E-state index contributed by atoms with van der Waals surface area (Å²) in [5.41, 5.74) is 1.78. The molecule has 2 aromatic carbocycles. The van der Waals surface area contributed by atoms with Gasteiger partial charge in [0.25, 0.3) is 5.91 Å². The van der Waals surface area contributed by atoms with E-state index in [9.17, 15) is 19.2 Å². The zero-order valence-electron chi connectivity index (χ0n) is 22.2. The van der Waals surface area contributed by atoms with Crippen molar-refractivity contribution < 1.29 is 29.0 Å². The molecule has 4 N–H and O–H groups in total. The Kier molecular flexibility index (Phi) is 10.4. The fourth-order valence-corrected chi connectivity index (χ4v) is 5.05. The lowest BCUT2D eigenvalue weighted by Crippen LogP contribution is -2.44. The molecule has 212 valence electrons. The summed E-state index contributed by atoms with van der Waals surface area (Å²) in [6, 6.07) is 20.8. The fraction of sp³-hybridized carbons (Fsp3) is 0.233. The van der Waals surface area contributed by atoms with Gasteiger partial charge in [0.1, 0.15) is 12.6 Å². The van der Waals surface area contributed by atoms with Crippen molar-refractivity contribution in [3.05, 3.63) is 95.1 Å². The number of carbonyl (C=O) groups is 4. The molecule has 2 heterocycles. The topological polar surface area (TPSA) is 147 Å². The van der Waals surface area contributed by atoms with Crippen molar-refractivity contribution in [3.8, 4) is 0 Å². The van der Waals surface area contributed by atoms with Crippen LogP contribution in [-0.2, 0) is 27.4 Å². The van der Waals surface area contributed by atoms with Crippen molar-refractivity contribution in [1.82, 2.24) is 15.6 Å². The molecular formula is C30H30N4O6S. The van der Waals surface area contributed by atoms with Crippen LogP contribution in [-0.4, -0.2) is 46.6 Å². The Morgan fingerprint density at radius 1 is 0.976 bits per heavy atom. The summed E-state index contributed by atoms with van der Waals surface area (Å²) < 4.78 is 6.12. The first-order valence-corrected chi connectivity index (χ1v) is 13.9. The highest BCUT2D eigenvalue weighted by molar-refractivity contribution is 7.20. The van der Waals surface area contributed by atoms with Gasteiger partial charge in [-0.1, -0.05) is 42.5 Å². The zero-order chi connectivity index (χ0) is 29.0. The number of ether oxygens (including phenoxy) is 1. The van der Waals surface area contributed by atoms with E-state index in [1.54, 1.807) is 54.7 Å². The number of carbonyl (C=O) groups excluding carboxylic acids is 3. The number of benzene rings is 2. The highest BCUT2D eigenvalue weighted by Gasteiger charge is 2.23. The molecule has 10 nitrogen and oxygen atoms in total. The molecule has 0 saturated heterocycles. The summed E-state index contributed by atoms with van der Waals surface area (Å²) in [4.78, 5) is 54.2. The summed E-state index contributed by atoms with van der Waals surface area (Å²) in [6.07, 6.45) is 1.78. The van der Waals surface area contributed by atoms with Gasteiger partial charge in [0.05, 0.1) is 10.6 Å². The van der Waals surface area contributed by atoms with E-state index in [1.807, 2.05) is 24.3 Å². The Balaban J connectivity index is 1.39. The lowest BCUT2D eigenvalue weighted by molar-refractivity contribution is -0.137. The van der Waals surface area contributed by atoms with Crippen LogP contribution < -0.4 is 16.0 Å². The Morgan fingerprint density at radius 3 is 2.54 bits per heavy atom. The maximum absolute atomic E-state index is 13.4. The Bertz CT molecular complexity index is 1470. The highest BCUT2D eigenvalue weighted by Crippen LogP contribution is 2.25. The fourth-order valence-electron chi connectivity index (χ4n) is 4.08. The Morgan fingerprint density at radius 2 is 1.76 bits per heavy atom. The van der Waals surface area contributed by atoms with Crippen molar-refractivity contribution in [2.24, 2.45) is 0 Å². The number of para-hydroxylation sites is 1. The van der Waals surface area contributed by atoms with Crippen LogP contribution in [0.1, 0.15) is 40.2 Å². The summed E-state index contributed by atoms with van der Waals surface area (Å²) in [6.45, 7) is 0.253. The predicted octanol–water partition coefficient (Wildman–Crippen LogP) is 4.76. The van der Waals surface area contributed by atoms with E-state index in [1.165, 1.54) is 11.3 Å². The van der Waals surface area contributed by atoms with Gasteiger partial charge in [-0.15, -0.1) is 11.3 Å².